The molecule has 72 valence electrons. The molecule has 0 amide bonds. The van der Waals surface area contributed by atoms with Crippen molar-refractivity contribution < 1.29 is 9.84 Å². The van der Waals surface area contributed by atoms with Crippen molar-refractivity contribution in [2.45, 2.75) is 39.0 Å². The zero-order valence-corrected chi connectivity index (χ0v) is 8.21. The van der Waals surface area contributed by atoms with Crippen molar-refractivity contribution in [2.24, 2.45) is 0 Å². The molecule has 0 aliphatic carbocycles. The second-order valence-corrected chi connectivity index (χ2v) is 3.91. The van der Waals surface area contributed by atoms with Crippen LogP contribution in [0.3, 0.4) is 0 Å². The summed E-state index contributed by atoms with van der Waals surface area (Å²) in [5.41, 5.74) is -0.787. The number of rotatable bonds is 1. The molecule has 1 N–H and O–H groups in total. The van der Waals surface area contributed by atoms with Crippen LogP contribution in [-0.4, -0.2) is 41.5 Å². The topological polar surface area (TPSA) is 32.7 Å². The van der Waals surface area contributed by atoms with Crippen molar-refractivity contribution in [2.75, 3.05) is 19.8 Å². The molecule has 1 heterocycles. The highest BCUT2D eigenvalue weighted by Gasteiger charge is 2.32. The van der Waals surface area contributed by atoms with Crippen LogP contribution in [-0.2, 0) is 4.74 Å². The molecule has 0 bridgehead atoms. The summed E-state index contributed by atoms with van der Waals surface area (Å²) in [6.07, 6.45) is 1.01. The molecule has 0 aromatic heterocycles. The molecule has 1 aliphatic heterocycles. The van der Waals surface area contributed by atoms with Gasteiger partial charge >= 0.3 is 0 Å². The first-order valence-electron chi connectivity index (χ1n) is 4.61. The van der Waals surface area contributed by atoms with E-state index in [0.29, 0.717) is 12.6 Å². The highest BCUT2D eigenvalue weighted by molar-refractivity contribution is 4.79. The van der Waals surface area contributed by atoms with Crippen LogP contribution in [0.2, 0.25) is 0 Å². The lowest BCUT2D eigenvalue weighted by Crippen LogP contribution is -2.52. The summed E-state index contributed by atoms with van der Waals surface area (Å²) in [5.74, 6) is 0. The summed E-state index contributed by atoms with van der Waals surface area (Å²) < 4.78 is 5.30. The van der Waals surface area contributed by atoms with Gasteiger partial charge in [0.25, 0.3) is 0 Å². The van der Waals surface area contributed by atoms with Gasteiger partial charge in [-0.2, -0.15) is 0 Å². The predicted octanol–water partition coefficient (Wildman–Crippen LogP) is 0.826. The van der Waals surface area contributed by atoms with Crippen molar-refractivity contribution >= 4 is 0 Å². The van der Waals surface area contributed by atoms with Crippen molar-refractivity contribution in [3.8, 4) is 0 Å². The smallest absolute Gasteiger partial charge is 0.139 e. The molecule has 1 atom stereocenters. The Morgan fingerprint density at radius 3 is 2.75 bits per heavy atom. The van der Waals surface area contributed by atoms with Gasteiger partial charge in [-0.3, -0.25) is 4.90 Å². The van der Waals surface area contributed by atoms with Gasteiger partial charge in [0.05, 0.1) is 6.61 Å². The van der Waals surface area contributed by atoms with E-state index < -0.39 is 5.72 Å². The summed E-state index contributed by atoms with van der Waals surface area (Å²) >= 11 is 0. The second kappa shape index (κ2) is 3.73. The lowest BCUT2D eigenvalue weighted by molar-refractivity contribution is -0.134. The molecule has 1 rings (SSSR count). The van der Waals surface area contributed by atoms with Crippen LogP contribution in [0.25, 0.3) is 0 Å². The summed E-state index contributed by atoms with van der Waals surface area (Å²) in [5, 5.41) is 9.99. The SMILES string of the molecule is CC(C)N1CCCOC[C@]1(C)O. The molecule has 1 saturated heterocycles. The van der Waals surface area contributed by atoms with Gasteiger partial charge in [0.2, 0.25) is 0 Å². The minimum absolute atomic E-state index is 0.377. The van der Waals surface area contributed by atoms with Gasteiger partial charge in [0, 0.05) is 19.2 Å². The van der Waals surface area contributed by atoms with E-state index >= 15 is 0 Å². The molecular weight excluding hydrogens is 154 g/mol. The number of ether oxygens (including phenoxy) is 1. The van der Waals surface area contributed by atoms with Gasteiger partial charge in [-0.25, -0.2) is 0 Å². The molecule has 3 heteroatoms. The van der Waals surface area contributed by atoms with Gasteiger partial charge < -0.3 is 9.84 Å². The van der Waals surface area contributed by atoms with E-state index in [1.807, 2.05) is 6.92 Å². The lowest BCUT2D eigenvalue weighted by Gasteiger charge is -2.37. The van der Waals surface area contributed by atoms with E-state index in [0.717, 1.165) is 19.6 Å². The molecule has 12 heavy (non-hydrogen) atoms. The third-order valence-corrected chi connectivity index (χ3v) is 2.31. The van der Waals surface area contributed by atoms with Crippen molar-refractivity contribution in [1.82, 2.24) is 4.90 Å². The van der Waals surface area contributed by atoms with Gasteiger partial charge in [0.15, 0.2) is 0 Å². The molecule has 1 fully saturated rings. The largest absolute Gasteiger partial charge is 0.377 e. The van der Waals surface area contributed by atoms with E-state index in [-0.39, 0.29) is 0 Å². The van der Waals surface area contributed by atoms with E-state index in [1.54, 1.807) is 0 Å². The average molecular weight is 173 g/mol. The standard InChI is InChI=1S/C9H19NO2/c1-8(2)10-5-4-6-12-7-9(10,3)11/h8,11H,4-7H2,1-3H3/t9-/m0/s1. The third kappa shape index (κ3) is 2.19. The Balaban J connectivity index is 2.65. The van der Waals surface area contributed by atoms with Crippen LogP contribution in [0.1, 0.15) is 27.2 Å². The Hall–Kier alpha value is -0.120. The zero-order chi connectivity index (χ0) is 9.19. The molecular formula is C9H19NO2. The highest BCUT2D eigenvalue weighted by Crippen LogP contribution is 2.18. The van der Waals surface area contributed by atoms with Crippen LogP contribution in [0.15, 0.2) is 0 Å². The van der Waals surface area contributed by atoms with E-state index in [1.165, 1.54) is 0 Å². The summed E-state index contributed by atoms with van der Waals surface area (Å²) in [6.45, 7) is 8.12. The minimum Gasteiger partial charge on any atom is -0.377 e. The molecule has 3 nitrogen and oxygen atoms in total. The second-order valence-electron chi connectivity index (χ2n) is 3.91. The maximum atomic E-state index is 9.99. The van der Waals surface area contributed by atoms with Crippen molar-refractivity contribution in [3.05, 3.63) is 0 Å². The maximum absolute atomic E-state index is 9.99. The van der Waals surface area contributed by atoms with Crippen molar-refractivity contribution in [1.29, 1.82) is 0 Å². The molecule has 0 aromatic rings. The van der Waals surface area contributed by atoms with Gasteiger partial charge in [-0.15, -0.1) is 0 Å². The van der Waals surface area contributed by atoms with Gasteiger partial charge in [-0.05, 0) is 27.2 Å². The third-order valence-electron chi connectivity index (χ3n) is 2.31. The Kier molecular flexibility index (Phi) is 3.09. The normalized spacial score (nSPS) is 33.8. The Morgan fingerprint density at radius 2 is 2.17 bits per heavy atom. The molecule has 0 unspecified atom stereocenters. The Morgan fingerprint density at radius 1 is 1.50 bits per heavy atom. The van der Waals surface area contributed by atoms with E-state index in [4.69, 9.17) is 4.74 Å². The lowest BCUT2D eigenvalue weighted by atomic mass is 10.2. The fourth-order valence-electron chi connectivity index (χ4n) is 1.74. The van der Waals surface area contributed by atoms with Crippen LogP contribution in [0, 0.1) is 0 Å². The Bertz CT molecular complexity index is 145. The van der Waals surface area contributed by atoms with Crippen molar-refractivity contribution in [3.63, 3.8) is 0 Å². The minimum atomic E-state index is -0.787. The van der Waals surface area contributed by atoms with Gasteiger partial charge in [-0.1, -0.05) is 0 Å². The average Bonchev–Trinajstić information content (AvgIpc) is 2.09. The fourth-order valence-corrected chi connectivity index (χ4v) is 1.74. The molecule has 1 aliphatic rings. The summed E-state index contributed by atoms with van der Waals surface area (Å²) in [6, 6.07) is 0.377. The summed E-state index contributed by atoms with van der Waals surface area (Å²) in [4.78, 5) is 2.08. The number of aliphatic hydroxyl groups is 1. The van der Waals surface area contributed by atoms with Crippen LogP contribution >= 0.6 is 0 Å². The van der Waals surface area contributed by atoms with Crippen LogP contribution < -0.4 is 0 Å². The first-order valence-corrected chi connectivity index (χ1v) is 4.61. The van der Waals surface area contributed by atoms with E-state index in [9.17, 15) is 5.11 Å². The molecule has 0 saturated carbocycles. The summed E-state index contributed by atoms with van der Waals surface area (Å²) in [7, 11) is 0. The van der Waals surface area contributed by atoms with Gasteiger partial charge in [0.1, 0.15) is 5.72 Å². The first-order chi connectivity index (χ1) is 5.54. The number of nitrogens with zero attached hydrogens (tertiary/aromatic N) is 1. The number of hydrogen-bond acceptors (Lipinski definition) is 3. The maximum Gasteiger partial charge on any atom is 0.139 e. The molecule has 0 aromatic carbocycles. The zero-order valence-electron chi connectivity index (χ0n) is 8.21. The quantitative estimate of drug-likeness (QED) is 0.637. The fraction of sp³-hybridized carbons (Fsp3) is 1.00. The Labute approximate surface area is 74.3 Å². The molecule has 0 radical (unpaired) electrons. The first kappa shape index (κ1) is 9.96. The monoisotopic (exact) mass is 173 g/mol. The van der Waals surface area contributed by atoms with E-state index in [2.05, 4.69) is 18.7 Å². The highest BCUT2D eigenvalue weighted by atomic mass is 16.5. The number of hydrogen-bond donors (Lipinski definition) is 1. The molecule has 0 spiro atoms. The van der Waals surface area contributed by atoms with Crippen LogP contribution in [0.4, 0.5) is 0 Å². The van der Waals surface area contributed by atoms with Crippen LogP contribution in [0.5, 0.6) is 0 Å². The predicted molar refractivity (Wildman–Crippen MR) is 47.9 cm³/mol.